The maximum absolute atomic E-state index is 13.4. The summed E-state index contributed by atoms with van der Waals surface area (Å²) >= 11 is 1.63. The van der Waals surface area contributed by atoms with Crippen LogP contribution in [-0.2, 0) is 23.8 Å². The normalized spacial score (nSPS) is 20.0. The number of anilines is 2. The number of carbonyl (C=O) groups excluding carboxylic acids is 1. The minimum absolute atomic E-state index is 0.134. The first-order valence-corrected chi connectivity index (χ1v) is 12.1. The molecule has 0 unspecified atom stereocenters. The van der Waals surface area contributed by atoms with E-state index < -0.39 is 17.7 Å². The molecule has 2 aromatic heterocycles. The molecule has 2 atom stereocenters. The number of rotatable bonds is 5. The number of hydrogen-bond acceptors (Lipinski definition) is 6. The van der Waals surface area contributed by atoms with E-state index in [-0.39, 0.29) is 18.4 Å². The average molecular weight is 488 g/mol. The van der Waals surface area contributed by atoms with Crippen LogP contribution in [0, 0.1) is 5.92 Å². The fraction of sp³-hybridized carbons (Fsp3) is 0.375. The highest BCUT2D eigenvalue weighted by atomic mass is 32.1. The van der Waals surface area contributed by atoms with Crippen LogP contribution in [0.1, 0.15) is 16.0 Å². The quantitative estimate of drug-likeness (QED) is 0.594. The molecule has 0 radical (unpaired) electrons. The number of halogens is 3. The summed E-state index contributed by atoms with van der Waals surface area (Å²) in [6.45, 7) is 2.20. The Balaban J connectivity index is 1.41. The molecule has 1 aromatic carbocycles. The molecule has 1 N–H and O–H groups in total. The number of benzene rings is 1. The van der Waals surface area contributed by atoms with Crippen molar-refractivity contribution in [3.05, 3.63) is 70.2 Å². The standard InChI is InChI=1S/C24H24F3N5OS/c25-24(26,27)17-4-5-20-16(13-17)14-19(22(33)28-9-6-18-3-1-12-34-18)21-15-31(10-11-32(20)21)23-29-7-2-8-30-23/h1-5,7-8,12-13,19,21H,6,9-11,14-15H2,(H,28,33)/t19-,21-/m1/s1. The SMILES string of the molecule is O=C(NCCc1cccs1)[C@@H]1Cc2cc(C(F)(F)F)ccc2N2CCN(c3ncccn3)C[C@H]12. The monoisotopic (exact) mass is 487 g/mol. The van der Waals surface area contributed by atoms with Crippen molar-refractivity contribution < 1.29 is 18.0 Å². The molecule has 10 heteroatoms. The second-order valence-corrected chi connectivity index (χ2v) is 9.56. The maximum atomic E-state index is 13.4. The Bertz CT molecular complexity index is 1140. The largest absolute Gasteiger partial charge is 0.416 e. The highest BCUT2D eigenvalue weighted by Gasteiger charge is 2.43. The van der Waals surface area contributed by atoms with Gasteiger partial charge in [-0.15, -0.1) is 11.3 Å². The van der Waals surface area contributed by atoms with E-state index in [1.165, 1.54) is 10.9 Å². The zero-order valence-corrected chi connectivity index (χ0v) is 19.1. The Hall–Kier alpha value is -3.14. The van der Waals surface area contributed by atoms with Crippen LogP contribution in [0.15, 0.2) is 54.2 Å². The summed E-state index contributed by atoms with van der Waals surface area (Å²) in [7, 11) is 0. The minimum Gasteiger partial charge on any atom is -0.364 e. The first-order chi connectivity index (χ1) is 16.4. The highest BCUT2D eigenvalue weighted by molar-refractivity contribution is 7.09. The van der Waals surface area contributed by atoms with Gasteiger partial charge in [0.2, 0.25) is 11.9 Å². The zero-order chi connectivity index (χ0) is 23.7. The molecule has 0 aliphatic carbocycles. The number of piperazine rings is 1. The molecule has 2 aliphatic rings. The van der Waals surface area contributed by atoms with E-state index in [0.29, 0.717) is 37.7 Å². The van der Waals surface area contributed by atoms with E-state index >= 15 is 0 Å². The highest BCUT2D eigenvalue weighted by Crippen LogP contribution is 2.40. The molecule has 5 rings (SSSR count). The van der Waals surface area contributed by atoms with Crippen molar-refractivity contribution >= 4 is 28.9 Å². The summed E-state index contributed by atoms with van der Waals surface area (Å²) in [4.78, 5) is 27.3. The van der Waals surface area contributed by atoms with Crippen LogP contribution in [-0.4, -0.2) is 48.1 Å². The Morgan fingerprint density at radius 2 is 1.97 bits per heavy atom. The van der Waals surface area contributed by atoms with E-state index in [0.717, 1.165) is 18.2 Å². The molecule has 1 amide bonds. The van der Waals surface area contributed by atoms with Gasteiger partial charge in [-0.25, -0.2) is 9.97 Å². The van der Waals surface area contributed by atoms with Gasteiger partial charge in [-0.3, -0.25) is 4.79 Å². The predicted octanol–water partition coefficient (Wildman–Crippen LogP) is 3.78. The van der Waals surface area contributed by atoms with Crippen LogP contribution in [0.2, 0.25) is 0 Å². The average Bonchev–Trinajstić information content (AvgIpc) is 3.36. The summed E-state index contributed by atoms with van der Waals surface area (Å²) in [6, 6.07) is 9.42. The summed E-state index contributed by atoms with van der Waals surface area (Å²) < 4.78 is 40.1. The number of amides is 1. The van der Waals surface area contributed by atoms with Gasteiger partial charge in [0.25, 0.3) is 0 Å². The third-order valence-electron chi connectivity index (χ3n) is 6.46. The lowest BCUT2D eigenvalue weighted by Gasteiger charge is -2.49. The third kappa shape index (κ3) is 4.59. The van der Waals surface area contributed by atoms with Gasteiger partial charge >= 0.3 is 6.18 Å². The second kappa shape index (κ2) is 9.25. The maximum Gasteiger partial charge on any atom is 0.416 e. The van der Waals surface area contributed by atoms with Gasteiger partial charge in [-0.05, 0) is 54.1 Å². The van der Waals surface area contributed by atoms with Crippen molar-refractivity contribution in [2.45, 2.75) is 25.1 Å². The van der Waals surface area contributed by atoms with Crippen molar-refractivity contribution in [3.63, 3.8) is 0 Å². The molecule has 0 bridgehead atoms. The summed E-state index contributed by atoms with van der Waals surface area (Å²) in [5, 5.41) is 5.02. The fourth-order valence-electron chi connectivity index (χ4n) is 4.83. The van der Waals surface area contributed by atoms with E-state index in [2.05, 4.69) is 20.2 Å². The van der Waals surface area contributed by atoms with Crippen LogP contribution < -0.4 is 15.1 Å². The number of carbonyl (C=O) groups is 1. The second-order valence-electron chi connectivity index (χ2n) is 8.53. The van der Waals surface area contributed by atoms with Crippen molar-refractivity contribution in [1.82, 2.24) is 15.3 Å². The van der Waals surface area contributed by atoms with Gasteiger partial charge in [0, 0.05) is 49.1 Å². The first kappa shape index (κ1) is 22.6. The fourth-order valence-corrected chi connectivity index (χ4v) is 5.54. The number of thiophene rings is 1. The number of alkyl halides is 3. The van der Waals surface area contributed by atoms with E-state index in [1.807, 2.05) is 22.4 Å². The summed E-state index contributed by atoms with van der Waals surface area (Å²) in [6.07, 6.45) is -0.0810. The third-order valence-corrected chi connectivity index (χ3v) is 7.40. The van der Waals surface area contributed by atoms with E-state index in [9.17, 15) is 18.0 Å². The van der Waals surface area contributed by atoms with Crippen LogP contribution in [0.25, 0.3) is 0 Å². The molecule has 3 aromatic rings. The molecule has 1 fully saturated rings. The van der Waals surface area contributed by atoms with Crippen LogP contribution in [0.4, 0.5) is 24.8 Å². The zero-order valence-electron chi connectivity index (χ0n) is 18.3. The van der Waals surface area contributed by atoms with Crippen molar-refractivity contribution in [2.24, 2.45) is 5.92 Å². The van der Waals surface area contributed by atoms with Gasteiger partial charge in [0.1, 0.15) is 0 Å². The Kier molecular flexibility index (Phi) is 6.16. The van der Waals surface area contributed by atoms with Crippen molar-refractivity contribution in [2.75, 3.05) is 36.0 Å². The molecule has 6 nitrogen and oxygen atoms in total. The van der Waals surface area contributed by atoms with Gasteiger partial charge in [-0.1, -0.05) is 6.07 Å². The lowest BCUT2D eigenvalue weighted by Crippen LogP contribution is -2.61. The van der Waals surface area contributed by atoms with Crippen molar-refractivity contribution in [3.8, 4) is 0 Å². The Morgan fingerprint density at radius 1 is 1.15 bits per heavy atom. The number of hydrogen-bond donors (Lipinski definition) is 1. The first-order valence-electron chi connectivity index (χ1n) is 11.2. The van der Waals surface area contributed by atoms with E-state index in [1.54, 1.807) is 35.9 Å². The Labute approximate surface area is 199 Å². The molecule has 0 saturated carbocycles. The Morgan fingerprint density at radius 3 is 2.71 bits per heavy atom. The molecule has 0 spiro atoms. The topological polar surface area (TPSA) is 61.4 Å². The number of nitrogens with zero attached hydrogens (tertiary/aromatic N) is 4. The summed E-state index contributed by atoms with van der Waals surface area (Å²) in [5.74, 6) is -0.0199. The van der Waals surface area contributed by atoms with Crippen LogP contribution >= 0.6 is 11.3 Å². The predicted molar refractivity (Wildman–Crippen MR) is 125 cm³/mol. The van der Waals surface area contributed by atoms with Crippen molar-refractivity contribution in [1.29, 1.82) is 0 Å². The molecule has 2 aliphatic heterocycles. The van der Waals surface area contributed by atoms with Gasteiger partial charge in [-0.2, -0.15) is 13.2 Å². The van der Waals surface area contributed by atoms with Gasteiger partial charge < -0.3 is 15.1 Å². The molecular weight excluding hydrogens is 463 g/mol. The lowest BCUT2D eigenvalue weighted by molar-refractivity contribution is -0.137. The molecule has 1 saturated heterocycles. The van der Waals surface area contributed by atoms with Crippen LogP contribution in [0.5, 0.6) is 0 Å². The number of aromatic nitrogens is 2. The number of fused-ring (bicyclic) bond motifs is 3. The lowest BCUT2D eigenvalue weighted by atomic mass is 9.82. The molecule has 4 heterocycles. The molecular formula is C24H24F3N5OS. The van der Waals surface area contributed by atoms with Gasteiger partial charge in [0.05, 0.1) is 17.5 Å². The summed E-state index contributed by atoms with van der Waals surface area (Å²) in [5.41, 5.74) is 0.654. The van der Waals surface area contributed by atoms with E-state index in [4.69, 9.17) is 0 Å². The minimum atomic E-state index is -4.42. The van der Waals surface area contributed by atoms with Gasteiger partial charge in [0.15, 0.2) is 0 Å². The van der Waals surface area contributed by atoms with Crippen LogP contribution in [0.3, 0.4) is 0 Å². The smallest absolute Gasteiger partial charge is 0.364 e. The number of nitrogens with one attached hydrogen (secondary N) is 1. The molecule has 34 heavy (non-hydrogen) atoms. The molecule has 178 valence electrons.